The van der Waals surface area contributed by atoms with Crippen LogP contribution in [0.15, 0.2) is 65.4 Å². The van der Waals surface area contributed by atoms with E-state index in [1.54, 1.807) is 28.4 Å². The summed E-state index contributed by atoms with van der Waals surface area (Å²) in [6.07, 6.45) is 3.13. The van der Waals surface area contributed by atoms with Crippen molar-refractivity contribution in [2.75, 3.05) is 55.9 Å². The average Bonchev–Trinajstić information content (AvgIpc) is 3.70. The van der Waals surface area contributed by atoms with Crippen molar-refractivity contribution >= 4 is 56.0 Å². The first-order valence-corrected chi connectivity index (χ1v) is 15.6. The SMILES string of the molecule is O=C(OCN1C(=O)CCc2ccc(OCCCCN3CCN(c4cccc5sccc45)CC3)cc21)c1cccs1. The predicted molar refractivity (Wildman–Crippen MR) is 162 cm³/mol. The Bertz CT molecular complexity index is 1460. The zero-order valence-electron chi connectivity index (χ0n) is 22.4. The van der Waals surface area contributed by atoms with E-state index in [9.17, 15) is 9.59 Å². The second-order valence-electron chi connectivity index (χ2n) is 10.1. The minimum absolute atomic E-state index is 0.0456. The van der Waals surface area contributed by atoms with E-state index in [2.05, 4.69) is 39.4 Å². The molecule has 7 nitrogen and oxygen atoms in total. The van der Waals surface area contributed by atoms with E-state index in [1.807, 2.05) is 23.6 Å². The van der Waals surface area contributed by atoms with Gasteiger partial charge in [0.05, 0.1) is 12.3 Å². The van der Waals surface area contributed by atoms with Gasteiger partial charge in [0.1, 0.15) is 10.6 Å². The Morgan fingerprint density at radius 1 is 0.875 bits per heavy atom. The van der Waals surface area contributed by atoms with E-state index in [4.69, 9.17) is 9.47 Å². The molecule has 4 aromatic rings. The molecule has 1 fully saturated rings. The molecule has 0 spiro atoms. The molecule has 2 aliphatic heterocycles. The molecule has 40 heavy (non-hydrogen) atoms. The van der Waals surface area contributed by atoms with Crippen molar-refractivity contribution in [1.82, 2.24) is 4.90 Å². The zero-order chi connectivity index (χ0) is 27.3. The molecule has 0 N–H and O–H groups in total. The molecule has 4 heterocycles. The number of amides is 1. The molecule has 0 unspecified atom stereocenters. The Morgan fingerprint density at radius 2 is 1.77 bits per heavy atom. The Morgan fingerprint density at radius 3 is 2.62 bits per heavy atom. The number of ether oxygens (including phenoxy) is 2. The molecule has 9 heteroatoms. The van der Waals surface area contributed by atoms with Gasteiger partial charge in [0.15, 0.2) is 6.73 Å². The van der Waals surface area contributed by atoms with Gasteiger partial charge in [-0.05, 0) is 72.5 Å². The molecule has 0 radical (unpaired) electrons. The maximum atomic E-state index is 12.7. The number of rotatable bonds is 10. The lowest BCUT2D eigenvalue weighted by Crippen LogP contribution is -2.46. The standard InChI is InChI=1S/C31H33N3O4S2/c35-30-11-9-23-8-10-24(21-27(23)34(30)22-38-31(36)29-7-4-19-39-29)37-18-2-1-13-32-14-16-33(17-15-32)26-5-3-6-28-25(26)12-20-40-28/h3-8,10,12,19-21H,1-2,9,11,13-18,22H2. The van der Waals surface area contributed by atoms with Gasteiger partial charge in [0.25, 0.3) is 0 Å². The number of hydrogen-bond acceptors (Lipinski definition) is 8. The fourth-order valence-electron chi connectivity index (χ4n) is 5.43. The molecule has 0 aliphatic carbocycles. The molecular weight excluding hydrogens is 542 g/mol. The summed E-state index contributed by atoms with van der Waals surface area (Å²) in [5.74, 6) is 0.276. The third kappa shape index (κ3) is 6.01. The van der Waals surface area contributed by atoms with Gasteiger partial charge in [-0.2, -0.15) is 0 Å². The molecular formula is C31H33N3O4S2. The van der Waals surface area contributed by atoms with Crippen LogP contribution in [0.4, 0.5) is 11.4 Å². The highest BCUT2D eigenvalue weighted by molar-refractivity contribution is 7.17. The van der Waals surface area contributed by atoms with E-state index in [0.717, 1.165) is 62.6 Å². The molecule has 2 aliphatic rings. The van der Waals surface area contributed by atoms with Crippen LogP contribution in [-0.2, 0) is 16.0 Å². The largest absolute Gasteiger partial charge is 0.494 e. The number of unbranched alkanes of at least 4 members (excludes halogenated alkanes) is 1. The zero-order valence-corrected chi connectivity index (χ0v) is 24.1. The number of carbonyl (C=O) groups excluding carboxylic acids is 2. The highest BCUT2D eigenvalue weighted by Gasteiger charge is 2.26. The maximum absolute atomic E-state index is 12.7. The van der Waals surface area contributed by atoms with Crippen LogP contribution < -0.4 is 14.5 Å². The number of thiophene rings is 2. The monoisotopic (exact) mass is 575 g/mol. The van der Waals surface area contributed by atoms with Crippen LogP contribution >= 0.6 is 22.7 Å². The number of carbonyl (C=O) groups is 2. The minimum atomic E-state index is -0.413. The van der Waals surface area contributed by atoms with Crippen molar-refractivity contribution in [3.8, 4) is 5.75 Å². The van der Waals surface area contributed by atoms with E-state index < -0.39 is 5.97 Å². The predicted octanol–water partition coefficient (Wildman–Crippen LogP) is 6.04. The quantitative estimate of drug-likeness (QED) is 0.170. The van der Waals surface area contributed by atoms with Crippen LogP contribution in [0.5, 0.6) is 5.75 Å². The van der Waals surface area contributed by atoms with Crippen molar-refractivity contribution in [3.63, 3.8) is 0 Å². The smallest absolute Gasteiger partial charge is 0.350 e. The van der Waals surface area contributed by atoms with E-state index >= 15 is 0 Å². The molecule has 6 rings (SSSR count). The fraction of sp³-hybridized carbons (Fsp3) is 0.355. The van der Waals surface area contributed by atoms with Gasteiger partial charge in [-0.15, -0.1) is 22.7 Å². The Labute approximate surface area is 242 Å². The van der Waals surface area contributed by atoms with Crippen LogP contribution in [0, 0.1) is 0 Å². The maximum Gasteiger partial charge on any atom is 0.350 e. The van der Waals surface area contributed by atoms with Crippen LogP contribution in [0.2, 0.25) is 0 Å². The van der Waals surface area contributed by atoms with Crippen LogP contribution in [-0.4, -0.2) is 62.8 Å². The van der Waals surface area contributed by atoms with Gasteiger partial charge in [-0.25, -0.2) is 4.79 Å². The minimum Gasteiger partial charge on any atom is -0.494 e. The molecule has 0 saturated carbocycles. The third-order valence-corrected chi connectivity index (χ3v) is 9.36. The third-order valence-electron chi connectivity index (χ3n) is 7.63. The van der Waals surface area contributed by atoms with Crippen LogP contribution in [0.3, 0.4) is 0 Å². The Balaban J connectivity index is 0.952. The summed E-state index contributed by atoms with van der Waals surface area (Å²) in [7, 11) is 0. The molecule has 1 saturated heterocycles. The summed E-state index contributed by atoms with van der Waals surface area (Å²) in [5.41, 5.74) is 3.19. The summed E-state index contributed by atoms with van der Waals surface area (Å²) in [4.78, 5) is 32.1. The highest BCUT2D eigenvalue weighted by atomic mass is 32.1. The Hall–Kier alpha value is -3.40. The van der Waals surface area contributed by atoms with Gasteiger partial charge in [-0.3, -0.25) is 14.6 Å². The van der Waals surface area contributed by atoms with E-state index in [1.165, 1.54) is 27.1 Å². The molecule has 208 valence electrons. The van der Waals surface area contributed by atoms with Crippen molar-refractivity contribution in [2.24, 2.45) is 0 Å². The molecule has 2 aromatic heterocycles. The topological polar surface area (TPSA) is 62.3 Å². The van der Waals surface area contributed by atoms with Crippen molar-refractivity contribution in [3.05, 3.63) is 75.8 Å². The number of piperazine rings is 1. The number of aryl methyl sites for hydroxylation is 1. The Kier molecular flexibility index (Phi) is 8.32. The van der Waals surface area contributed by atoms with Gasteiger partial charge >= 0.3 is 5.97 Å². The van der Waals surface area contributed by atoms with Gasteiger partial charge in [0.2, 0.25) is 5.91 Å². The van der Waals surface area contributed by atoms with Gasteiger partial charge < -0.3 is 14.4 Å². The van der Waals surface area contributed by atoms with E-state index in [-0.39, 0.29) is 12.6 Å². The number of anilines is 2. The summed E-state index contributed by atoms with van der Waals surface area (Å²) < 4.78 is 12.9. The summed E-state index contributed by atoms with van der Waals surface area (Å²) in [5, 5.41) is 5.37. The lowest BCUT2D eigenvalue weighted by molar-refractivity contribution is -0.119. The highest BCUT2D eigenvalue weighted by Crippen LogP contribution is 2.33. The number of fused-ring (bicyclic) bond motifs is 2. The van der Waals surface area contributed by atoms with Crippen molar-refractivity contribution < 1.29 is 19.1 Å². The molecule has 0 bridgehead atoms. The van der Waals surface area contributed by atoms with Gasteiger partial charge in [-0.1, -0.05) is 18.2 Å². The molecule has 1 amide bonds. The number of hydrogen-bond donors (Lipinski definition) is 0. The lowest BCUT2D eigenvalue weighted by atomic mass is 10.0. The number of benzene rings is 2. The second kappa shape index (κ2) is 12.4. The van der Waals surface area contributed by atoms with Gasteiger partial charge in [0, 0.05) is 54.4 Å². The van der Waals surface area contributed by atoms with E-state index in [0.29, 0.717) is 24.3 Å². The first-order chi connectivity index (χ1) is 19.7. The summed E-state index contributed by atoms with van der Waals surface area (Å²) in [6, 6.07) is 18.3. The second-order valence-corrected chi connectivity index (χ2v) is 12.0. The first-order valence-electron chi connectivity index (χ1n) is 13.9. The van der Waals surface area contributed by atoms with Crippen molar-refractivity contribution in [1.29, 1.82) is 0 Å². The fourth-order valence-corrected chi connectivity index (χ4v) is 6.85. The van der Waals surface area contributed by atoms with Crippen LogP contribution in [0.25, 0.3) is 10.1 Å². The number of esters is 1. The lowest BCUT2D eigenvalue weighted by Gasteiger charge is -2.36. The average molecular weight is 576 g/mol. The normalized spacial score (nSPS) is 15.8. The molecule has 2 aromatic carbocycles. The first kappa shape index (κ1) is 26.8. The van der Waals surface area contributed by atoms with Crippen LogP contribution in [0.1, 0.15) is 34.5 Å². The number of nitrogens with zero attached hydrogens (tertiary/aromatic N) is 3. The van der Waals surface area contributed by atoms with Crippen molar-refractivity contribution in [2.45, 2.75) is 25.7 Å². The molecule has 0 atom stereocenters. The summed E-state index contributed by atoms with van der Waals surface area (Å²) >= 11 is 3.13. The summed E-state index contributed by atoms with van der Waals surface area (Å²) in [6.45, 7) is 5.86.